The molecule has 2 aromatic heterocycles. The zero-order valence-corrected chi connectivity index (χ0v) is 44.8. The van der Waals surface area contributed by atoms with Crippen LogP contribution in [-0.4, -0.2) is 153 Å². The SMILES string of the molecule is C[C@H](NC(=O)[C@H](C)N(C)C(=O)Cc1ccncc1)C(=O)N[C@@H](CC(N)=O)C(=O)N[C@@H](CCN(C(=O)CO)[C@@H](c1cc(-c2cc(F)ccc2F)cn1Cc1ccccc1)C(C)(C)C)C(=O)NCCNC(=O)CNC(=O)CCC(=O)O. The van der Waals surface area contributed by atoms with Crippen LogP contribution in [0.5, 0.6) is 0 Å². The maximum absolute atomic E-state index is 15.4. The Hall–Kier alpha value is -8.61. The number of aliphatic hydroxyl groups is 1. The molecule has 10 N–H and O–H groups in total. The van der Waals surface area contributed by atoms with E-state index >= 15 is 4.39 Å². The molecule has 0 aliphatic carbocycles. The topological polar surface area (TPSA) is 334 Å². The number of benzene rings is 2. The van der Waals surface area contributed by atoms with Crippen LogP contribution in [0.15, 0.2) is 85.3 Å². The van der Waals surface area contributed by atoms with Crippen LogP contribution in [0.1, 0.15) is 83.2 Å². The van der Waals surface area contributed by atoms with E-state index in [0.29, 0.717) is 11.3 Å². The number of likely N-dealkylation sites (N-methyl/N-ethyl adjacent to an activating group) is 1. The van der Waals surface area contributed by atoms with Gasteiger partial charge in [-0.1, -0.05) is 51.1 Å². The molecule has 0 aliphatic heterocycles. The van der Waals surface area contributed by atoms with Crippen molar-refractivity contribution in [1.82, 2.24) is 51.3 Å². The molecule has 0 fully saturated rings. The number of aliphatic hydroxyl groups excluding tert-OH is 1. The van der Waals surface area contributed by atoms with E-state index in [4.69, 9.17) is 10.8 Å². The van der Waals surface area contributed by atoms with E-state index in [1.165, 1.54) is 43.1 Å². The molecule has 5 atom stereocenters. The number of rotatable bonds is 29. The number of amides is 9. The van der Waals surface area contributed by atoms with Crippen molar-refractivity contribution < 1.29 is 66.9 Å². The lowest BCUT2D eigenvalue weighted by atomic mass is 9.82. The van der Waals surface area contributed by atoms with Gasteiger partial charge < -0.3 is 62.2 Å². The van der Waals surface area contributed by atoms with Crippen molar-refractivity contribution in [3.05, 3.63) is 114 Å². The molecule has 4 rings (SSSR count). The van der Waals surface area contributed by atoms with Gasteiger partial charge in [0.2, 0.25) is 53.2 Å². The van der Waals surface area contributed by atoms with Crippen LogP contribution in [-0.2, 0) is 60.9 Å². The monoisotopic (exact) mass is 1100 g/mol. The molecular formula is C54H69F2N11O12. The van der Waals surface area contributed by atoms with Gasteiger partial charge in [-0.05, 0) is 73.2 Å². The number of aromatic nitrogens is 2. The second-order valence-electron chi connectivity index (χ2n) is 19.7. The van der Waals surface area contributed by atoms with Crippen molar-refractivity contribution in [2.24, 2.45) is 11.1 Å². The van der Waals surface area contributed by atoms with Crippen LogP contribution < -0.4 is 37.6 Å². The molecule has 25 heteroatoms. The first-order chi connectivity index (χ1) is 37.3. The highest BCUT2D eigenvalue weighted by Crippen LogP contribution is 2.41. The highest BCUT2D eigenvalue weighted by atomic mass is 19.1. The zero-order valence-electron chi connectivity index (χ0n) is 44.8. The molecule has 0 bridgehead atoms. The van der Waals surface area contributed by atoms with Crippen LogP contribution in [0.3, 0.4) is 0 Å². The number of carboxylic acids is 1. The van der Waals surface area contributed by atoms with Gasteiger partial charge in [0, 0.05) is 75.1 Å². The maximum Gasteiger partial charge on any atom is 0.303 e. The third-order valence-electron chi connectivity index (χ3n) is 12.5. The third kappa shape index (κ3) is 19.7. The average molecular weight is 1100 g/mol. The van der Waals surface area contributed by atoms with Crippen molar-refractivity contribution in [3.63, 3.8) is 0 Å². The third-order valence-corrected chi connectivity index (χ3v) is 12.5. The van der Waals surface area contributed by atoms with E-state index in [2.05, 4.69) is 36.9 Å². The Labute approximate surface area is 455 Å². The van der Waals surface area contributed by atoms with Gasteiger partial charge >= 0.3 is 5.97 Å². The summed E-state index contributed by atoms with van der Waals surface area (Å²) in [4.78, 5) is 136. The van der Waals surface area contributed by atoms with Crippen LogP contribution >= 0.6 is 0 Å². The first-order valence-electron chi connectivity index (χ1n) is 25.3. The van der Waals surface area contributed by atoms with Gasteiger partial charge in [0.1, 0.15) is 42.4 Å². The summed E-state index contributed by atoms with van der Waals surface area (Å²) < 4.78 is 31.8. The summed E-state index contributed by atoms with van der Waals surface area (Å²) in [5.41, 5.74) is 6.67. The Balaban J connectivity index is 1.64. The number of nitrogens with zero attached hydrogens (tertiary/aromatic N) is 4. The predicted octanol–water partition coefficient (Wildman–Crippen LogP) is 0.828. The summed E-state index contributed by atoms with van der Waals surface area (Å²) in [6, 6.07) is 10.2. The molecule has 9 amide bonds. The van der Waals surface area contributed by atoms with Gasteiger partial charge in [-0.3, -0.25) is 52.9 Å². The van der Waals surface area contributed by atoms with E-state index in [9.17, 15) is 57.4 Å². The summed E-state index contributed by atoms with van der Waals surface area (Å²) in [5.74, 6) is -10.0. The Morgan fingerprint density at radius 2 is 1.41 bits per heavy atom. The fourth-order valence-corrected chi connectivity index (χ4v) is 8.27. The Morgan fingerprint density at radius 1 is 0.747 bits per heavy atom. The molecule has 0 spiro atoms. The lowest BCUT2D eigenvalue weighted by molar-refractivity contribution is -0.140. The lowest BCUT2D eigenvalue weighted by Crippen LogP contribution is -2.58. The Morgan fingerprint density at radius 3 is 2.04 bits per heavy atom. The van der Waals surface area contributed by atoms with Crippen molar-refractivity contribution in [2.45, 2.75) is 103 Å². The van der Waals surface area contributed by atoms with Crippen molar-refractivity contribution in [3.8, 4) is 11.1 Å². The number of pyridine rings is 1. The molecule has 23 nitrogen and oxygen atoms in total. The number of halogens is 2. The van der Waals surface area contributed by atoms with E-state index in [0.717, 1.165) is 23.8 Å². The summed E-state index contributed by atoms with van der Waals surface area (Å²) in [7, 11) is 1.41. The van der Waals surface area contributed by atoms with Crippen LogP contribution in [0, 0.1) is 17.0 Å². The second-order valence-corrected chi connectivity index (χ2v) is 19.7. The first-order valence-corrected chi connectivity index (χ1v) is 25.3. The Bertz CT molecular complexity index is 2810. The second kappa shape index (κ2) is 29.8. The minimum absolute atomic E-state index is 0.0388. The number of hydrogen-bond donors (Lipinski definition) is 9. The highest BCUT2D eigenvalue weighted by Gasteiger charge is 2.39. The van der Waals surface area contributed by atoms with Gasteiger partial charge in [0.05, 0.1) is 31.8 Å². The van der Waals surface area contributed by atoms with Gasteiger partial charge in [0.25, 0.3) is 0 Å². The summed E-state index contributed by atoms with van der Waals surface area (Å²) >= 11 is 0. The smallest absolute Gasteiger partial charge is 0.303 e. The molecule has 0 saturated carbocycles. The molecule has 79 heavy (non-hydrogen) atoms. The molecule has 0 saturated heterocycles. The van der Waals surface area contributed by atoms with Crippen LogP contribution in [0.25, 0.3) is 11.1 Å². The van der Waals surface area contributed by atoms with Crippen molar-refractivity contribution >= 4 is 59.1 Å². The fraction of sp³-hybridized carbons (Fsp3) is 0.426. The van der Waals surface area contributed by atoms with Crippen molar-refractivity contribution in [1.29, 1.82) is 0 Å². The van der Waals surface area contributed by atoms with Gasteiger partial charge in [-0.2, -0.15) is 0 Å². The zero-order chi connectivity index (χ0) is 58.6. The minimum Gasteiger partial charge on any atom is -0.481 e. The van der Waals surface area contributed by atoms with Crippen molar-refractivity contribution in [2.75, 3.05) is 39.8 Å². The minimum atomic E-state index is -1.76. The number of hydrogen-bond acceptors (Lipinski definition) is 12. The van der Waals surface area contributed by atoms with E-state index in [1.807, 2.05) is 30.3 Å². The molecule has 2 heterocycles. The normalized spacial score (nSPS) is 13.0. The molecular weight excluding hydrogens is 1030 g/mol. The number of primary amides is 1. The molecule has 426 valence electrons. The summed E-state index contributed by atoms with van der Waals surface area (Å²) in [5, 5.41) is 34.0. The molecule has 4 aromatic rings. The number of carbonyl (C=O) groups excluding carboxylic acids is 9. The highest BCUT2D eigenvalue weighted by molar-refractivity contribution is 5.97. The lowest BCUT2D eigenvalue weighted by Gasteiger charge is -2.41. The average Bonchev–Trinajstić information content (AvgIpc) is 3.85. The van der Waals surface area contributed by atoms with Gasteiger partial charge in [0.15, 0.2) is 0 Å². The number of carboxylic acid groups (broad SMARTS) is 1. The Kier molecular flexibility index (Phi) is 23.7. The summed E-state index contributed by atoms with van der Waals surface area (Å²) in [6.45, 7) is 5.87. The number of aliphatic carboxylic acids is 1. The molecule has 0 unspecified atom stereocenters. The predicted molar refractivity (Wildman–Crippen MR) is 282 cm³/mol. The largest absolute Gasteiger partial charge is 0.481 e. The fourth-order valence-electron chi connectivity index (χ4n) is 8.27. The number of carbonyl (C=O) groups is 10. The van der Waals surface area contributed by atoms with E-state index in [-0.39, 0.29) is 50.1 Å². The number of nitrogens with one attached hydrogen (secondary N) is 6. The first kappa shape index (κ1) is 62.9. The standard InChI is InChI=1S/C54H69F2N11O12/c1-32(62-51(77)33(2)65(6)46(72)24-34-16-19-58-20-17-34)50(76)64-41(27-43(57)69)53(79)63-40(52(78)60-22-21-59-45(71)28-61-44(70)14-15-48(74)75)18-23-67(47(73)31-68)49(54(3,4)5)42-25-36(38-26-37(55)12-13-39(38)56)30-66(42)29-35-10-8-7-9-11-35/h7-13,16-17,19-20,25-26,30,32-33,40-41,49,68H,14-15,18,21-24,27-29,31H2,1-6H3,(H2,57,69)(H,59,71)(H,60,78)(H,61,70)(H,62,77)(H,63,79)(H,64,76)(H,74,75)/t32-,33-,40-,41-,49-/m0/s1. The van der Waals surface area contributed by atoms with Gasteiger partial charge in [-0.25, -0.2) is 8.78 Å². The molecule has 0 radical (unpaired) electrons. The van der Waals surface area contributed by atoms with E-state index < -0.39 is 139 Å². The number of nitrogens with two attached hydrogens (primary N) is 1. The van der Waals surface area contributed by atoms with E-state index in [1.54, 1.807) is 49.7 Å². The van der Waals surface area contributed by atoms with Crippen LogP contribution in [0.4, 0.5) is 8.78 Å². The van der Waals surface area contributed by atoms with Gasteiger partial charge in [-0.15, -0.1) is 0 Å². The maximum atomic E-state index is 15.4. The molecule has 2 aromatic carbocycles. The quantitative estimate of drug-likeness (QED) is 0.0341. The molecule has 0 aliphatic rings. The van der Waals surface area contributed by atoms with Crippen LogP contribution in [0.2, 0.25) is 0 Å². The summed E-state index contributed by atoms with van der Waals surface area (Å²) in [6.07, 6.45) is 2.56.